The number of fused-ring (bicyclic) bond motifs is 9. The molecular formula is C46H51N3O5. The van der Waals surface area contributed by atoms with Gasteiger partial charge in [-0.1, -0.05) is 55.2 Å². The van der Waals surface area contributed by atoms with E-state index in [0.29, 0.717) is 44.1 Å². The van der Waals surface area contributed by atoms with Crippen LogP contribution in [0.5, 0.6) is 11.5 Å². The molecule has 6 bridgehead atoms. The van der Waals surface area contributed by atoms with Gasteiger partial charge in [0.2, 0.25) is 0 Å². The molecule has 280 valence electrons. The molecule has 5 heterocycles. The number of phenols is 1. The van der Waals surface area contributed by atoms with Crippen LogP contribution in [-0.4, -0.2) is 53.0 Å². The van der Waals surface area contributed by atoms with Gasteiger partial charge < -0.3 is 40.0 Å². The molecule has 0 amide bonds. The number of nitrogens with two attached hydrogens (primary N) is 1. The summed E-state index contributed by atoms with van der Waals surface area (Å²) in [4.78, 5) is 0. The molecule has 5 aliphatic rings. The molecule has 0 saturated carbocycles. The van der Waals surface area contributed by atoms with Gasteiger partial charge in [-0.05, 0) is 116 Å². The van der Waals surface area contributed by atoms with E-state index < -0.39 is 12.3 Å². The van der Waals surface area contributed by atoms with Crippen molar-refractivity contribution in [1.29, 1.82) is 0 Å². The highest BCUT2D eigenvalue weighted by Crippen LogP contribution is 2.52. The molecule has 1 saturated heterocycles. The number of aromatic nitrogens is 1. The maximum absolute atomic E-state index is 11.3. The Bertz CT molecular complexity index is 2190. The first-order chi connectivity index (χ1) is 26.3. The first-order valence-electron chi connectivity index (χ1n) is 19.9. The molecule has 4 aliphatic heterocycles. The van der Waals surface area contributed by atoms with E-state index in [0.717, 1.165) is 84.0 Å². The second-order valence-corrected chi connectivity index (χ2v) is 16.1. The SMILES string of the molecule is C[C@H]1C#CC2=CC(N)NC3=C2CO[C@@H](CCC1)C[C@H](O)CCc1ccc(O)c(c1)OCc1cc([C@@]24CCOC[C@H]2CCc2ccccc24)cc2cn3cc12. The van der Waals surface area contributed by atoms with Gasteiger partial charge in [-0.2, -0.15) is 0 Å². The van der Waals surface area contributed by atoms with Crippen LogP contribution >= 0.6 is 0 Å². The summed E-state index contributed by atoms with van der Waals surface area (Å²) in [5.74, 6) is 8.97. The molecule has 0 spiro atoms. The highest BCUT2D eigenvalue weighted by Gasteiger charge is 2.47. The average molecular weight is 726 g/mol. The number of rotatable bonds is 1. The standard InChI is InChI=1S/C46H51N3O5/c1-29-5-4-7-38-23-37(50)15-10-30-11-16-42(51)43(19-30)54-26-34-21-36(46-17-18-52-27-35(46)14-13-31-6-2-3-8-41(31)46)20-33-24-49(25-39(33)34)45-40(28-53-38)32(12-9-29)22-44(47)48-45/h2-3,6,8,11,16,19-22,24-25,29,35,37-38,44,48,50-51H,4-5,7,10,13-15,17-18,23,26-28,47H2,1H3/t29-,35-,37-,38+,44?,46-/m1/s1. The van der Waals surface area contributed by atoms with Crippen molar-refractivity contribution < 1.29 is 24.4 Å². The van der Waals surface area contributed by atoms with Crippen molar-refractivity contribution in [3.05, 3.63) is 112 Å². The maximum Gasteiger partial charge on any atom is 0.161 e. The van der Waals surface area contributed by atoms with E-state index in [1.54, 1.807) is 6.07 Å². The summed E-state index contributed by atoms with van der Waals surface area (Å²) >= 11 is 0. The van der Waals surface area contributed by atoms with E-state index in [1.165, 1.54) is 16.7 Å². The molecule has 1 aliphatic carbocycles. The fourth-order valence-electron chi connectivity index (χ4n) is 9.69. The molecule has 3 aromatic carbocycles. The third-order valence-electron chi connectivity index (χ3n) is 12.6. The number of hydrogen-bond acceptors (Lipinski definition) is 7. The predicted octanol–water partition coefficient (Wildman–Crippen LogP) is 7.08. The first-order valence-corrected chi connectivity index (χ1v) is 19.9. The van der Waals surface area contributed by atoms with Crippen molar-refractivity contribution in [2.24, 2.45) is 17.6 Å². The summed E-state index contributed by atoms with van der Waals surface area (Å²) in [5.41, 5.74) is 14.5. The highest BCUT2D eigenvalue weighted by molar-refractivity contribution is 5.88. The number of aryl methyl sites for hydroxylation is 2. The van der Waals surface area contributed by atoms with E-state index in [-0.39, 0.29) is 29.8 Å². The van der Waals surface area contributed by atoms with Gasteiger partial charge in [-0.15, -0.1) is 0 Å². The fourth-order valence-corrected chi connectivity index (χ4v) is 9.69. The Balaban J connectivity index is 1.24. The summed E-state index contributed by atoms with van der Waals surface area (Å²) in [6.07, 6.45) is 12.9. The second kappa shape index (κ2) is 14.6. The van der Waals surface area contributed by atoms with Crippen LogP contribution in [0.25, 0.3) is 16.6 Å². The first kappa shape index (κ1) is 35.2. The zero-order valence-corrected chi connectivity index (χ0v) is 31.2. The number of aliphatic hydroxyl groups excluding tert-OH is 1. The van der Waals surface area contributed by atoms with Crippen molar-refractivity contribution in [3.8, 4) is 23.3 Å². The Kier molecular flexibility index (Phi) is 9.53. The number of dihydropyridines is 1. The van der Waals surface area contributed by atoms with Crippen LogP contribution in [-0.2, 0) is 34.3 Å². The van der Waals surface area contributed by atoms with Crippen molar-refractivity contribution in [1.82, 2.24) is 9.88 Å². The van der Waals surface area contributed by atoms with Gasteiger partial charge in [-0.3, -0.25) is 0 Å². The van der Waals surface area contributed by atoms with Gasteiger partial charge in [0.05, 0.1) is 31.6 Å². The topological polar surface area (TPSA) is 111 Å². The van der Waals surface area contributed by atoms with Gasteiger partial charge in [0.25, 0.3) is 0 Å². The molecular weight excluding hydrogens is 675 g/mol. The van der Waals surface area contributed by atoms with E-state index in [1.807, 2.05) is 18.2 Å². The molecule has 0 radical (unpaired) electrons. The number of ether oxygens (including phenoxy) is 3. The van der Waals surface area contributed by atoms with Crippen LogP contribution in [0.1, 0.15) is 79.7 Å². The Hall–Kier alpha value is -4.52. The van der Waals surface area contributed by atoms with E-state index in [4.69, 9.17) is 19.9 Å². The Labute approximate surface area is 318 Å². The number of aromatic hydroxyl groups is 1. The number of nitrogens with zero attached hydrogens (tertiary/aromatic N) is 1. The van der Waals surface area contributed by atoms with E-state index in [2.05, 4.69) is 77.4 Å². The monoisotopic (exact) mass is 725 g/mol. The lowest BCUT2D eigenvalue weighted by Gasteiger charge is -2.49. The molecule has 1 unspecified atom stereocenters. The summed E-state index contributed by atoms with van der Waals surface area (Å²) < 4.78 is 21.6. The summed E-state index contributed by atoms with van der Waals surface area (Å²) in [6.45, 7) is 4.24. The Morgan fingerprint density at radius 3 is 2.81 bits per heavy atom. The van der Waals surface area contributed by atoms with Crippen LogP contribution < -0.4 is 15.8 Å². The van der Waals surface area contributed by atoms with E-state index >= 15 is 0 Å². The van der Waals surface area contributed by atoms with Crippen molar-refractivity contribution >= 4 is 16.6 Å². The van der Waals surface area contributed by atoms with Crippen LogP contribution in [0.15, 0.2) is 84.2 Å². The molecule has 4 aromatic rings. The third-order valence-corrected chi connectivity index (χ3v) is 12.6. The quantitative estimate of drug-likeness (QED) is 0.155. The molecule has 8 heteroatoms. The van der Waals surface area contributed by atoms with Crippen molar-refractivity contribution in [2.75, 3.05) is 19.8 Å². The zero-order valence-electron chi connectivity index (χ0n) is 31.2. The van der Waals surface area contributed by atoms with Crippen LogP contribution in [0.3, 0.4) is 0 Å². The number of benzene rings is 3. The normalized spacial score (nSPS) is 28.6. The smallest absolute Gasteiger partial charge is 0.161 e. The lowest BCUT2D eigenvalue weighted by molar-refractivity contribution is 0.00498. The van der Waals surface area contributed by atoms with Crippen molar-refractivity contribution in [2.45, 2.75) is 95.1 Å². The Morgan fingerprint density at radius 2 is 1.89 bits per heavy atom. The molecule has 8 nitrogen and oxygen atoms in total. The molecule has 5 N–H and O–H groups in total. The number of aliphatic hydroxyl groups is 1. The minimum Gasteiger partial charge on any atom is -0.504 e. The van der Waals surface area contributed by atoms with Crippen LogP contribution in [0, 0.1) is 23.7 Å². The van der Waals surface area contributed by atoms with Crippen LogP contribution in [0.2, 0.25) is 0 Å². The molecule has 9 rings (SSSR count). The summed E-state index contributed by atoms with van der Waals surface area (Å²) in [6, 6.07) is 19.2. The van der Waals surface area contributed by atoms with Crippen LogP contribution in [0.4, 0.5) is 0 Å². The maximum atomic E-state index is 11.3. The van der Waals surface area contributed by atoms with Crippen molar-refractivity contribution in [3.63, 3.8) is 0 Å². The van der Waals surface area contributed by atoms with Gasteiger partial charge >= 0.3 is 0 Å². The predicted molar refractivity (Wildman–Crippen MR) is 211 cm³/mol. The summed E-state index contributed by atoms with van der Waals surface area (Å²) in [7, 11) is 0. The largest absolute Gasteiger partial charge is 0.504 e. The Morgan fingerprint density at radius 1 is 0.981 bits per heavy atom. The van der Waals surface area contributed by atoms with Gasteiger partial charge in [-0.25, -0.2) is 0 Å². The minimum absolute atomic E-state index is 0.104. The molecule has 1 aromatic heterocycles. The summed E-state index contributed by atoms with van der Waals surface area (Å²) in [5, 5.41) is 28.0. The third kappa shape index (κ3) is 6.62. The number of phenolic OH excluding ortho intramolecular Hbond substituents is 1. The zero-order chi connectivity index (χ0) is 36.8. The minimum atomic E-state index is -0.534. The second-order valence-electron chi connectivity index (χ2n) is 16.1. The average Bonchev–Trinajstić information content (AvgIpc) is 3.61. The molecule has 54 heavy (non-hydrogen) atoms. The number of nitrogens with one attached hydrogen (secondary N) is 1. The molecule has 6 atom stereocenters. The van der Waals surface area contributed by atoms with E-state index in [9.17, 15) is 10.2 Å². The number of hydrogen-bond donors (Lipinski definition) is 4. The lowest BCUT2D eigenvalue weighted by atomic mass is 9.57. The lowest BCUT2D eigenvalue weighted by Crippen LogP contribution is -2.47. The van der Waals surface area contributed by atoms with Gasteiger partial charge in [0.1, 0.15) is 12.4 Å². The van der Waals surface area contributed by atoms with Gasteiger partial charge in [0.15, 0.2) is 11.5 Å². The van der Waals surface area contributed by atoms with Gasteiger partial charge in [0, 0.05) is 52.3 Å². The fraction of sp³-hybridized carbons (Fsp3) is 0.435. The molecule has 1 fully saturated rings. The highest BCUT2D eigenvalue weighted by atomic mass is 16.5.